The summed E-state index contributed by atoms with van der Waals surface area (Å²) < 4.78 is 0. The van der Waals surface area contributed by atoms with Crippen molar-refractivity contribution < 1.29 is 9.90 Å². The summed E-state index contributed by atoms with van der Waals surface area (Å²) in [6.45, 7) is 2.17. The van der Waals surface area contributed by atoms with Crippen molar-refractivity contribution in [2.45, 2.75) is 32.2 Å². The lowest BCUT2D eigenvalue weighted by Crippen LogP contribution is -2.24. The highest BCUT2D eigenvalue weighted by Crippen LogP contribution is 2.28. The number of hydrogen-bond acceptors (Lipinski definition) is 4. The van der Waals surface area contributed by atoms with Crippen LogP contribution in [0.2, 0.25) is 0 Å². The fraction of sp³-hybridized carbons (Fsp3) is 0.545. The van der Waals surface area contributed by atoms with Crippen LogP contribution >= 0.6 is 0 Å². The van der Waals surface area contributed by atoms with Crippen LogP contribution in [-0.2, 0) is 0 Å². The minimum absolute atomic E-state index is 0.189. The van der Waals surface area contributed by atoms with E-state index in [1.807, 2.05) is 0 Å². The van der Waals surface area contributed by atoms with Gasteiger partial charge in [-0.2, -0.15) is 5.10 Å². The summed E-state index contributed by atoms with van der Waals surface area (Å²) in [4.78, 5) is 11.0. The van der Waals surface area contributed by atoms with Gasteiger partial charge < -0.3 is 10.4 Å². The van der Waals surface area contributed by atoms with Crippen molar-refractivity contribution in [1.29, 1.82) is 0 Å². The number of hydrogen-bond donors (Lipinski definition) is 2. The van der Waals surface area contributed by atoms with E-state index in [0.29, 0.717) is 17.8 Å². The second kappa shape index (κ2) is 4.47. The van der Waals surface area contributed by atoms with Crippen LogP contribution < -0.4 is 5.32 Å². The Kier molecular flexibility index (Phi) is 3.03. The lowest BCUT2D eigenvalue weighted by Gasteiger charge is -2.18. The number of aromatic nitrogens is 2. The number of anilines is 1. The Morgan fingerprint density at radius 3 is 3.00 bits per heavy atom. The molecule has 1 fully saturated rings. The summed E-state index contributed by atoms with van der Waals surface area (Å²) in [7, 11) is 0. The molecule has 0 aliphatic heterocycles. The van der Waals surface area contributed by atoms with Crippen molar-refractivity contribution in [3.63, 3.8) is 0 Å². The first-order valence-electron chi connectivity index (χ1n) is 5.50. The van der Waals surface area contributed by atoms with Crippen LogP contribution in [0, 0.1) is 5.92 Å². The van der Waals surface area contributed by atoms with Gasteiger partial charge in [-0.3, -0.25) is 0 Å². The molecule has 86 valence electrons. The Hall–Kier alpha value is -1.65. The Morgan fingerprint density at radius 2 is 2.38 bits per heavy atom. The highest BCUT2D eigenvalue weighted by molar-refractivity contribution is 5.92. The van der Waals surface area contributed by atoms with Crippen molar-refractivity contribution >= 4 is 11.8 Å². The molecule has 1 aromatic heterocycles. The number of carboxylic acid groups (broad SMARTS) is 1. The lowest BCUT2D eigenvalue weighted by molar-refractivity contribution is 0.0697. The number of nitrogens with zero attached hydrogens (tertiary/aromatic N) is 2. The van der Waals surface area contributed by atoms with E-state index in [1.165, 1.54) is 25.1 Å². The molecule has 5 nitrogen and oxygen atoms in total. The monoisotopic (exact) mass is 221 g/mol. The Morgan fingerprint density at radius 1 is 1.56 bits per heavy atom. The molecular formula is C11H15N3O2. The molecular weight excluding hydrogens is 206 g/mol. The molecule has 0 radical (unpaired) electrons. The van der Waals surface area contributed by atoms with Crippen molar-refractivity contribution in [3.8, 4) is 0 Å². The SMILES string of the molecule is CC1CCCC1Nc1nnccc1C(=O)O. The van der Waals surface area contributed by atoms with Crippen LogP contribution in [0.15, 0.2) is 12.3 Å². The van der Waals surface area contributed by atoms with Gasteiger partial charge in [0.2, 0.25) is 0 Å². The minimum Gasteiger partial charge on any atom is -0.478 e. The second-order valence-corrected chi connectivity index (χ2v) is 4.26. The molecule has 1 aliphatic carbocycles. The van der Waals surface area contributed by atoms with Gasteiger partial charge >= 0.3 is 5.97 Å². The van der Waals surface area contributed by atoms with Gasteiger partial charge in [-0.25, -0.2) is 4.79 Å². The lowest BCUT2D eigenvalue weighted by atomic mass is 10.1. The fourth-order valence-electron chi connectivity index (χ4n) is 2.15. The van der Waals surface area contributed by atoms with Gasteiger partial charge in [0.05, 0.1) is 6.20 Å². The predicted molar refractivity (Wildman–Crippen MR) is 59.4 cm³/mol. The summed E-state index contributed by atoms with van der Waals surface area (Å²) in [5.41, 5.74) is 0.189. The zero-order valence-electron chi connectivity index (χ0n) is 9.18. The Bertz CT molecular complexity index is 395. The van der Waals surface area contributed by atoms with Gasteiger partial charge in [-0.1, -0.05) is 13.3 Å². The fourth-order valence-corrected chi connectivity index (χ4v) is 2.15. The first kappa shape index (κ1) is 10.9. The van der Waals surface area contributed by atoms with Crippen LogP contribution in [0.1, 0.15) is 36.5 Å². The maximum Gasteiger partial charge on any atom is 0.339 e. The molecule has 2 unspecified atom stereocenters. The van der Waals surface area contributed by atoms with Crippen LogP contribution in [0.4, 0.5) is 5.82 Å². The quantitative estimate of drug-likeness (QED) is 0.813. The summed E-state index contributed by atoms with van der Waals surface area (Å²) in [6, 6.07) is 1.78. The summed E-state index contributed by atoms with van der Waals surface area (Å²) in [5, 5.41) is 19.8. The molecule has 1 aliphatic rings. The Labute approximate surface area is 93.9 Å². The first-order valence-corrected chi connectivity index (χ1v) is 5.50. The summed E-state index contributed by atoms with van der Waals surface area (Å²) in [6.07, 6.45) is 4.82. The highest BCUT2D eigenvalue weighted by atomic mass is 16.4. The minimum atomic E-state index is -0.969. The molecule has 0 saturated heterocycles. The third kappa shape index (κ3) is 2.13. The van der Waals surface area contributed by atoms with E-state index in [-0.39, 0.29) is 5.56 Å². The van der Waals surface area contributed by atoms with Gasteiger partial charge in [0.15, 0.2) is 5.82 Å². The molecule has 2 rings (SSSR count). The van der Waals surface area contributed by atoms with E-state index in [0.717, 1.165) is 6.42 Å². The maximum absolute atomic E-state index is 11.0. The van der Waals surface area contributed by atoms with Crippen molar-refractivity contribution in [2.75, 3.05) is 5.32 Å². The summed E-state index contributed by atoms with van der Waals surface area (Å²) >= 11 is 0. The van der Waals surface area contributed by atoms with E-state index in [2.05, 4.69) is 22.4 Å². The average Bonchev–Trinajstić information content (AvgIpc) is 2.65. The molecule has 2 N–H and O–H groups in total. The van der Waals surface area contributed by atoms with Crippen molar-refractivity contribution in [3.05, 3.63) is 17.8 Å². The number of carboxylic acids is 1. The topological polar surface area (TPSA) is 75.1 Å². The van der Waals surface area contributed by atoms with Crippen molar-refractivity contribution in [1.82, 2.24) is 10.2 Å². The van der Waals surface area contributed by atoms with E-state index >= 15 is 0 Å². The third-order valence-electron chi connectivity index (χ3n) is 3.13. The second-order valence-electron chi connectivity index (χ2n) is 4.26. The third-order valence-corrected chi connectivity index (χ3v) is 3.13. The molecule has 5 heteroatoms. The van der Waals surface area contributed by atoms with Crippen molar-refractivity contribution in [2.24, 2.45) is 5.92 Å². The van der Waals surface area contributed by atoms with E-state index in [1.54, 1.807) is 0 Å². The standard InChI is InChI=1S/C11H15N3O2/c1-7-3-2-4-9(7)13-10-8(11(15)16)5-6-12-14-10/h5-7,9H,2-4H2,1H3,(H,13,14)(H,15,16). The van der Waals surface area contributed by atoms with E-state index in [9.17, 15) is 4.79 Å². The molecule has 1 saturated carbocycles. The number of rotatable bonds is 3. The van der Waals surface area contributed by atoms with Gasteiger partial charge in [-0.15, -0.1) is 5.10 Å². The molecule has 16 heavy (non-hydrogen) atoms. The van der Waals surface area contributed by atoms with Gasteiger partial charge in [0.25, 0.3) is 0 Å². The van der Waals surface area contributed by atoms with Gasteiger partial charge in [0.1, 0.15) is 5.56 Å². The molecule has 1 heterocycles. The Balaban J connectivity index is 2.17. The highest BCUT2D eigenvalue weighted by Gasteiger charge is 2.25. The first-order chi connectivity index (χ1) is 7.68. The molecule has 1 aromatic rings. The molecule has 2 atom stereocenters. The van der Waals surface area contributed by atoms with E-state index < -0.39 is 5.97 Å². The van der Waals surface area contributed by atoms with Crippen LogP contribution in [0.5, 0.6) is 0 Å². The molecule has 0 amide bonds. The van der Waals surface area contributed by atoms with Crippen LogP contribution in [-0.4, -0.2) is 27.3 Å². The summed E-state index contributed by atoms with van der Waals surface area (Å²) in [5.74, 6) is -0.0274. The van der Waals surface area contributed by atoms with Crippen LogP contribution in [0.25, 0.3) is 0 Å². The molecule has 0 spiro atoms. The number of carbonyl (C=O) groups is 1. The van der Waals surface area contributed by atoms with Gasteiger partial charge in [-0.05, 0) is 24.8 Å². The van der Waals surface area contributed by atoms with Gasteiger partial charge in [0, 0.05) is 6.04 Å². The maximum atomic E-state index is 11.0. The van der Waals surface area contributed by atoms with Crippen LogP contribution in [0.3, 0.4) is 0 Å². The molecule has 0 aromatic carbocycles. The normalized spacial score (nSPS) is 24.3. The average molecular weight is 221 g/mol. The zero-order valence-corrected chi connectivity index (χ0v) is 9.18. The largest absolute Gasteiger partial charge is 0.478 e. The zero-order chi connectivity index (χ0) is 11.5. The number of aromatic carboxylic acids is 1. The van der Waals surface area contributed by atoms with E-state index in [4.69, 9.17) is 5.11 Å². The predicted octanol–water partition coefficient (Wildman–Crippen LogP) is 1.78. The number of nitrogens with one attached hydrogen (secondary N) is 1. The molecule has 0 bridgehead atoms. The smallest absolute Gasteiger partial charge is 0.339 e.